The first-order valence-electron chi connectivity index (χ1n) is 3.63. The molecule has 13 heavy (non-hydrogen) atoms. The first kappa shape index (κ1) is 8.26. The minimum absolute atomic E-state index is 0.366. The Kier molecular flexibility index (Phi) is 2.02. The van der Waals surface area contributed by atoms with Crippen LogP contribution in [-0.4, -0.2) is 5.16 Å². The molecule has 1 heterocycles. The van der Waals surface area contributed by atoms with E-state index in [4.69, 9.17) is 11.6 Å². The van der Waals surface area contributed by atoms with Gasteiger partial charge in [-0.15, -0.1) is 0 Å². The van der Waals surface area contributed by atoms with Crippen LogP contribution in [0.15, 0.2) is 35.1 Å². The number of halogens is 2. The first-order valence-corrected chi connectivity index (χ1v) is 4.01. The van der Waals surface area contributed by atoms with E-state index in [0.717, 1.165) is 0 Å². The number of rotatable bonds is 1. The lowest BCUT2D eigenvalue weighted by Crippen LogP contribution is -1.83. The molecule has 66 valence electrons. The second kappa shape index (κ2) is 3.18. The van der Waals surface area contributed by atoms with Gasteiger partial charge in [-0.2, -0.15) is 0 Å². The molecule has 0 aliphatic heterocycles. The third-order valence-corrected chi connectivity index (χ3v) is 1.88. The third-order valence-electron chi connectivity index (χ3n) is 1.64. The molecule has 0 atom stereocenters. The fraction of sp³-hybridized carbons (Fsp3) is 0. The molecular weight excluding hydrogens is 193 g/mol. The van der Waals surface area contributed by atoms with E-state index in [-0.39, 0.29) is 0 Å². The molecule has 2 rings (SSSR count). The van der Waals surface area contributed by atoms with E-state index in [1.165, 1.54) is 12.3 Å². The molecule has 0 N–H and O–H groups in total. The van der Waals surface area contributed by atoms with E-state index in [0.29, 0.717) is 16.3 Å². The summed E-state index contributed by atoms with van der Waals surface area (Å²) in [6, 6.07) is 6.00. The van der Waals surface area contributed by atoms with E-state index in [9.17, 15) is 4.39 Å². The summed E-state index contributed by atoms with van der Waals surface area (Å²) >= 11 is 5.59. The quantitative estimate of drug-likeness (QED) is 0.702. The van der Waals surface area contributed by atoms with Gasteiger partial charge in [0.15, 0.2) is 0 Å². The number of benzene rings is 1. The van der Waals surface area contributed by atoms with Crippen molar-refractivity contribution in [3.05, 3.63) is 41.4 Å². The molecule has 2 nitrogen and oxygen atoms in total. The van der Waals surface area contributed by atoms with Crippen LogP contribution < -0.4 is 0 Å². The molecule has 2 aromatic rings. The molecule has 0 amide bonds. The summed E-state index contributed by atoms with van der Waals surface area (Å²) in [5, 5.41) is 3.98. The summed E-state index contributed by atoms with van der Waals surface area (Å²) in [5.41, 5.74) is 0.854. The van der Waals surface area contributed by atoms with Crippen LogP contribution in [0.4, 0.5) is 4.39 Å². The van der Waals surface area contributed by atoms with E-state index in [1.54, 1.807) is 18.2 Å². The summed E-state index contributed by atoms with van der Waals surface area (Å²) in [4.78, 5) is 0. The molecule has 1 aromatic carbocycles. The summed E-state index contributed by atoms with van der Waals surface area (Å²) < 4.78 is 17.9. The lowest BCUT2D eigenvalue weighted by molar-refractivity contribution is 0.422. The zero-order valence-electron chi connectivity index (χ0n) is 6.50. The monoisotopic (exact) mass is 197 g/mol. The van der Waals surface area contributed by atoms with Crippen LogP contribution in [0, 0.1) is 5.82 Å². The van der Waals surface area contributed by atoms with Gasteiger partial charge in [-0.25, -0.2) is 4.39 Å². The first-order chi connectivity index (χ1) is 6.27. The maximum atomic E-state index is 13.2. The standard InChI is InChI=1S/C9H5ClFNO/c10-6-1-2-7(8(11)5-6)9-3-4-13-12-9/h1-5H. The van der Waals surface area contributed by atoms with Crippen LogP contribution in [0.1, 0.15) is 0 Å². The summed E-state index contributed by atoms with van der Waals surface area (Å²) in [5.74, 6) is -0.401. The summed E-state index contributed by atoms with van der Waals surface area (Å²) in [6.07, 6.45) is 1.39. The average Bonchev–Trinajstić information content (AvgIpc) is 2.56. The largest absolute Gasteiger partial charge is 0.364 e. The smallest absolute Gasteiger partial charge is 0.134 e. The second-order valence-corrected chi connectivity index (χ2v) is 2.95. The third kappa shape index (κ3) is 1.55. The van der Waals surface area contributed by atoms with Crippen molar-refractivity contribution in [1.29, 1.82) is 0 Å². The number of nitrogens with zero attached hydrogens (tertiary/aromatic N) is 1. The van der Waals surface area contributed by atoms with Crippen molar-refractivity contribution in [2.75, 3.05) is 0 Å². The van der Waals surface area contributed by atoms with Gasteiger partial charge < -0.3 is 4.52 Å². The van der Waals surface area contributed by atoms with Crippen LogP contribution in [0.25, 0.3) is 11.3 Å². The van der Waals surface area contributed by atoms with Gasteiger partial charge >= 0.3 is 0 Å². The Labute approximate surface area is 78.9 Å². The van der Waals surface area contributed by atoms with Crippen molar-refractivity contribution >= 4 is 11.6 Å². The second-order valence-electron chi connectivity index (χ2n) is 2.51. The molecule has 0 bridgehead atoms. The summed E-state index contributed by atoms with van der Waals surface area (Å²) in [7, 11) is 0. The predicted octanol–water partition coefficient (Wildman–Crippen LogP) is 3.13. The molecular formula is C9H5ClFNO. The topological polar surface area (TPSA) is 26.0 Å². The van der Waals surface area contributed by atoms with E-state index in [1.807, 2.05) is 0 Å². The number of aromatic nitrogens is 1. The zero-order chi connectivity index (χ0) is 9.26. The van der Waals surface area contributed by atoms with Gasteiger partial charge in [0.25, 0.3) is 0 Å². The molecule has 0 saturated heterocycles. The fourth-order valence-electron chi connectivity index (χ4n) is 1.05. The summed E-state index contributed by atoms with van der Waals surface area (Å²) in [6.45, 7) is 0. The fourth-order valence-corrected chi connectivity index (χ4v) is 1.21. The zero-order valence-corrected chi connectivity index (χ0v) is 7.25. The SMILES string of the molecule is Fc1cc(Cl)ccc1-c1ccon1. The molecule has 0 unspecified atom stereocenters. The van der Waals surface area contributed by atoms with Crippen molar-refractivity contribution in [3.8, 4) is 11.3 Å². The van der Waals surface area contributed by atoms with Crippen molar-refractivity contribution in [3.63, 3.8) is 0 Å². The molecule has 4 heteroatoms. The Balaban J connectivity index is 2.53. The molecule has 0 aliphatic rings. The number of hydrogen-bond donors (Lipinski definition) is 0. The van der Waals surface area contributed by atoms with Gasteiger partial charge in [-0.3, -0.25) is 0 Å². The molecule has 1 aromatic heterocycles. The number of hydrogen-bond acceptors (Lipinski definition) is 2. The van der Waals surface area contributed by atoms with Crippen LogP contribution in [0.3, 0.4) is 0 Å². The maximum absolute atomic E-state index is 13.2. The lowest BCUT2D eigenvalue weighted by Gasteiger charge is -1.97. The Morgan fingerprint density at radius 1 is 1.31 bits per heavy atom. The van der Waals surface area contributed by atoms with Crippen molar-refractivity contribution < 1.29 is 8.91 Å². The Morgan fingerprint density at radius 3 is 2.77 bits per heavy atom. The van der Waals surface area contributed by atoms with E-state index < -0.39 is 5.82 Å². The Bertz CT molecular complexity index is 414. The molecule has 0 spiro atoms. The molecule has 0 aliphatic carbocycles. The molecule has 0 saturated carbocycles. The Morgan fingerprint density at radius 2 is 2.15 bits per heavy atom. The van der Waals surface area contributed by atoms with Gasteiger partial charge in [-0.05, 0) is 18.2 Å². The van der Waals surface area contributed by atoms with Crippen LogP contribution in [0.2, 0.25) is 5.02 Å². The maximum Gasteiger partial charge on any atom is 0.134 e. The minimum atomic E-state index is -0.401. The highest BCUT2D eigenvalue weighted by Crippen LogP contribution is 2.23. The van der Waals surface area contributed by atoms with E-state index in [2.05, 4.69) is 9.68 Å². The minimum Gasteiger partial charge on any atom is -0.364 e. The average molecular weight is 198 g/mol. The van der Waals surface area contributed by atoms with Gasteiger partial charge in [0.2, 0.25) is 0 Å². The Hall–Kier alpha value is -1.35. The van der Waals surface area contributed by atoms with Gasteiger partial charge in [0.1, 0.15) is 17.8 Å². The predicted molar refractivity (Wildman–Crippen MR) is 46.9 cm³/mol. The highest BCUT2D eigenvalue weighted by Gasteiger charge is 2.07. The van der Waals surface area contributed by atoms with Crippen molar-refractivity contribution in [2.24, 2.45) is 0 Å². The molecule has 0 radical (unpaired) electrons. The molecule has 0 fully saturated rings. The van der Waals surface area contributed by atoms with Crippen LogP contribution in [-0.2, 0) is 0 Å². The van der Waals surface area contributed by atoms with Crippen molar-refractivity contribution in [1.82, 2.24) is 5.16 Å². The van der Waals surface area contributed by atoms with Crippen LogP contribution >= 0.6 is 11.6 Å². The van der Waals surface area contributed by atoms with Crippen LogP contribution in [0.5, 0.6) is 0 Å². The normalized spacial score (nSPS) is 10.3. The lowest BCUT2D eigenvalue weighted by atomic mass is 10.1. The highest BCUT2D eigenvalue weighted by molar-refractivity contribution is 6.30. The highest BCUT2D eigenvalue weighted by atomic mass is 35.5. The van der Waals surface area contributed by atoms with Gasteiger partial charge in [-0.1, -0.05) is 16.8 Å². The van der Waals surface area contributed by atoms with Gasteiger partial charge in [0, 0.05) is 16.7 Å². The van der Waals surface area contributed by atoms with E-state index >= 15 is 0 Å². The van der Waals surface area contributed by atoms with Crippen molar-refractivity contribution in [2.45, 2.75) is 0 Å². The van der Waals surface area contributed by atoms with Gasteiger partial charge in [0.05, 0.1) is 0 Å².